The maximum absolute atomic E-state index is 13.0. The highest BCUT2D eigenvalue weighted by Gasteiger charge is 2.17. The molecule has 1 N–H and O–H groups in total. The number of benzene rings is 2. The van der Waals surface area contributed by atoms with E-state index in [1.54, 1.807) is 19.1 Å². The van der Waals surface area contributed by atoms with Crippen LogP contribution >= 0.6 is 0 Å². The van der Waals surface area contributed by atoms with E-state index in [9.17, 15) is 9.18 Å². The van der Waals surface area contributed by atoms with Crippen LogP contribution < -0.4 is 5.32 Å². The Hall–Kier alpha value is -3.02. The molecule has 1 heterocycles. The number of amides is 1. The summed E-state index contributed by atoms with van der Waals surface area (Å²) in [6.07, 6.45) is 1.05. The van der Waals surface area contributed by atoms with Crippen LogP contribution in [-0.2, 0) is 11.2 Å². The molecule has 1 aromatic heterocycles. The van der Waals surface area contributed by atoms with Crippen LogP contribution in [0, 0.1) is 12.7 Å². The van der Waals surface area contributed by atoms with E-state index in [4.69, 9.17) is 4.52 Å². The first-order valence-electron chi connectivity index (χ1n) is 8.46. The van der Waals surface area contributed by atoms with Crippen LogP contribution in [0.1, 0.15) is 36.4 Å². The zero-order chi connectivity index (χ0) is 18.5. The van der Waals surface area contributed by atoms with Crippen molar-refractivity contribution >= 4 is 5.91 Å². The molecule has 2 aromatic carbocycles. The largest absolute Gasteiger partial charge is 0.345 e. The summed E-state index contributed by atoms with van der Waals surface area (Å²) >= 11 is 0. The van der Waals surface area contributed by atoms with E-state index in [0.29, 0.717) is 30.1 Å². The second-order valence-electron chi connectivity index (χ2n) is 6.24. The van der Waals surface area contributed by atoms with Gasteiger partial charge in [0, 0.05) is 12.0 Å². The summed E-state index contributed by atoms with van der Waals surface area (Å²) < 4.78 is 18.2. The number of rotatable bonds is 6. The third-order valence-electron chi connectivity index (χ3n) is 4.05. The Bertz CT molecular complexity index is 873. The number of nitrogens with zero attached hydrogens (tertiary/aromatic N) is 2. The quantitative estimate of drug-likeness (QED) is 0.727. The van der Waals surface area contributed by atoms with Crippen molar-refractivity contribution in [1.82, 2.24) is 15.5 Å². The Morgan fingerprint density at radius 2 is 1.85 bits per heavy atom. The lowest BCUT2D eigenvalue weighted by molar-refractivity contribution is -0.121. The zero-order valence-corrected chi connectivity index (χ0v) is 14.7. The van der Waals surface area contributed by atoms with E-state index >= 15 is 0 Å². The van der Waals surface area contributed by atoms with Crippen LogP contribution in [0.4, 0.5) is 4.39 Å². The number of nitrogens with one attached hydrogen (secondary N) is 1. The number of aromatic nitrogens is 2. The number of halogens is 1. The minimum atomic E-state index is -0.401. The lowest BCUT2D eigenvalue weighted by Gasteiger charge is -2.09. The molecule has 0 saturated heterocycles. The van der Waals surface area contributed by atoms with Crippen molar-refractivity contribution in [2.24, 2.45) is 0 Å². The lowest BCUT2D eigenvalue weighted by Crippen LogP contribution is -2.27. The molecule has 0 aliphatic rings. The molecular formula is C20H20FN3O2. The van der Waals surface area contributed by atoms with E-state index in [0.717, 1.165) is 5.56 Å². The molecule has 0 fully saturated rings. The molecule has 3 rings (SSSR count). The van der Waals surface area contributed by atoms with Gasteiger partial charge in [-0.3, -0.25) is 4.79 Å². The van der Waals surface area contributed by atoms with Gasteiger partial charge in [-0.1, -0.05) is 35.0 Å². The van der Waals surface area contributed by atoms with E-state index in [1.807, 2.05) is 31.2 Å². The second kappa shape index (κ2) is 7.91. The van der Waals surface area contributed by atoms with Gasteiger partial charge in [0.05, 0.1) is 0 Å². The van der Waals surface area contributed by atoms with Gasteiger partial charge < -0.3 is 9.84 Å². The van der Waals surface area contributed by atoms with Gasteiger partial charge in [0.25, 0.3) is 0 Å². The summed E-state index contributed by atoms with van der Waals surface area (Å²) in [5.41, 5.74) is 2.97. The van der Waals surface area contributed by atoms with E-state index in [-0.39, 0.29) is 11.7 Å². The molecule has 0 aliphatic heterocycles. The van der Waals surface area contributed by atoms with Gasteiger partial charge in [0.1, 0.15) is 11.9 Å². The van der Waals surface area contributed by atoms with Crippen LogP contribution in [0.5, 0.6) is 0 Å². The molecule has 6 heteroatoms. The third-order valence-corrected chi connectivity index (χ3v) is 4.05. The first-order valence-corrected chi connectivity index (χ1v) is 8.46. The molecule has 1 atom stereocenters. The monoisotopic (exact) mass is 353 g/mol. The van der Waals surface area contributed by atoms with E-state index in [2.05, 4.69) is 15.5 Å². The van der Waals surface area contributed by atoms with Crippen molar-refractivity contribution in [3.05, 3.63) is 71.4 Å². The fraction of sp³-hybridized carbons (Fsp3) is 0.250. The molecule has 0 radical (unpaired) electrons. The Morgan fingerprint density at radius 3 is 2.54 bits per heavy atom. The van der Waals surface area contributed by atoms with Crippen LogP contribution in [0.2, 0.25) is 0 Å². The Kier molecular flexibility index (Phi) is 5.41. The topological polar surface area (TPSA) is 68.0 Å². The molecule has 0 spiro atoms. The van der Waals surface area contributed by atoms with Crippen molar-refractivity contribution in [3.8, 4) is 11.4 Å². The number of carbonyl (C=O) groups is 1. The van der Waals surface area contributed by atoms with Crippen LogP contribution in [-0.4, -0.2) is 16.0 Å². The van der Waals surface area contributed by atoms with Gasteiger partial charge in [-0.05, 0) is 50.1 Å². The molecule has 3 aromatic rings. The lowest BCUT2D eigenvalue weighted by atomic mass is 10.1. The second-order valence-corrected chi connectivity index (χ2v) is 6.24. The van der Waals surface area contributed by atoms with Crippen molar-refractivity contribution in [3.63, 3.8) is 0 Å². The molecule has 1 amide bonds. The molecule has 0 aliphatic carbocycles. The van der Waals surface area contributed by atoms with Crippen molar-refractivity contribution in [2.45, 2.75) is 32.7 Å². The maximum atomic E-state index is 13.0. The summed E-state index contributed by atoms with van der Waals surface area (Å²) in [4.78, 5) is 16.4. The maximum Gasteiger partial charge on any atom is 0.249 e. The zero-order valence-electron chi connectivity index (χ0n) is 14.7. The van der Waals surface area contributed by atoms with Gasteiger partial charge in [-0.25, -0.2) is 4.39 Å². The molecular weight excluding hydrogens is 333 g/mol. The summed E-state index contributed by atoms with van der Waals surface area (Å²) in [7, 11) is 0. The summed E-state index contributed by atoms with van der Waals surface area (Å²) in [6.45, 7) is 3.81. The Labute approximate surface area is 151 Å². The predicted octanol–water partition coefficient (Wildman–Crippen LogP) is 3.99. The summed E-state index contributed by atoms with van der Waals surface area (Å²) in [6, 6.07) is 13.5. The van der Waals surface area contributed by atoms with Gasteiger partial charge >= 0.3 is 0 Å². The molecule has 1 unspecified atom stereocenters. The highest BCUT2D eigenvalue weighted by Crippen LogP contribution is 2.19. The highest BCUT2D eigenvalue weighted by molar-refractivity contribution is 5.76. The average Bonchev–Trinajstić information content (AvgIpc) is 3.12. The molecule has 0 bridgehead atoms. The smallest absolute Gasteiger partial charge is 0.249 e. The number of hydrogen-bond acceptors (Lipinski definition) is 4. The first kappa shape index (κ1) is 17.8. The van der Waals surface area contributed by atoms with Crippen molar-refractivity contribution in [1.29, 1.82) is 0 Å². The van der Waals surface area contributed by atoms with E-state index in [1.165, 1.54) is 17.7 Å². The molecule has 5 nitrogen and oxygen atoms in total. The predicted molar refractivity (Wildman–Crippen MR) is 95.7 cm³/mol. The van der Waals surface area contributed by atoms with Gasteiger partial charge in [0.2, 0.25) is 17.6 Å². The van der Waals surface area contributed by atoms with Crippen LogP contribution in [0.25, 0.3) is 11.4 Å². The molecule has 0 saturated carbocycles. The number of aryl methyl sites for hydroxylation is 2. The molecule has 26 heavy (non-hydrogen) atoms. The van der Waals surface area contributed by atoms with Crippen molar-refractivity contribution in [2.75, 3.05) is 0 Å². The standard InChI is InChI=1S/C20H20FN3O2/c1-13-3-5-15(6-4-13)7-12-18(25)22-14(2)20-23-19(24-26-20)16-8-10-17(21)11-9-16/h3-6,8-11,14H,7,12H2,1-2H3,(H,22,25). The van der Waals surface area contributed by atoms with E-state index < -0.39 is 6.04 Å². The van der Waals surface area contributed by atoms with Crippen LogP contribution in [0.15, 0.2) is 53.1 Å². The minimum Gasteiger partial charge on any atom is -0.345 e. The minimum absolute atomic E-state index is 0.0837. The Balaban J connectivity index is 1.55. The summed E-state index contributed by atoms with van der Waals surface area (Å²) in [5.74, 6) is 0.264. The third kappa shape index (κ3) is 4.53. The summed E-state index contributed by atoms with van der Waals surface area (Å²) in [5, 5.41) is 6.74. The van der Waals surface area contributed by atoms with Gasteiger partial charge in [-0.15, -0.1) is 0 Å². The fourth-order valence-corrected chi connectivity index (χ4v) is 2.52. The number of hydrogen-bond donors (Lipinski definition) is 1. The first-order chi connectivity index (χ1) is 12.5. The highest BCUT2D eigenvalue weighted by atomic mass is 19.1. The fourth-order valence-electron chi connectivity index (χ4n) is 2.52. The average molecular weight is 353 g/mol. The van der Waals surface area contributed by atoms with Gasteiger partial charge in [0.15, 0.2) is 0 Å². The Morgan fingerprint density at radius 1 is 1.15 bits per heavy atom. The van der Waals surface area contributed by atoms with Crippen molar-refractivity contribution < 1.29 is 13.7 Å². The normalized spacial score (nSPS) is 12.0. The number of carbonyl (C=O) groups excluding carboxylic acids is 1. The molecule has 134 valence electrons. The SMILES string of the molecule is Cc1ccc(CCC(=O)NC(C)c2nc(-c3ccc(F)cc3)no2)cc1. The van der Waals surface area contributed by atoms with Crippen LogP contribution in [0.3, 0.4) is 0 Å². The van der Waals surface area contributed by atoms with Gasteiger partial charge in [-0.2, -0.15) is 4.98 Å².